The van der Waals surface area contributed by atoms with Gasteiger partial charge < -0.3 is 25.6 Å². The molecule has 1 fully saturated rings. The Hall–Kier alpha value is -4.36. The molecule has 60 heavy (non-hydrogen) atoms. The number of amides is 7. The van der Waals surface area contributed by atoms with Crippen molar-refractivity contribution in [1.82, 2.24) is 36.0 Å². The first-order valence-corrected chi connectivity index (χ1v) is 21.6. The van der Waals surface area contributed by atoms with E-state index in [1.165, 1.54) is 6.92 Å². The second kappa shape index (κ2) is 30.6. The highest BCUT2D eigenvalue weighted by Crippen LogP contribution is 2.24. The van der Waals surface area contributed by atoms with E-state index in [4.69, 9.17) is 4.74 Å². The molecular formula is C41H73N7O12. The van der Waals surface area contributed by atoms with Gasteiger partial charge in [0, 0.05) is 104 Å². The number of ketones is 1. The average molecular weight is 856 g/mol. The number of nitrogens with one attached hydrogen (secondary N) is 3. The SMILES string of the molecule is CC(=O)N(O)CCCCCNC(=O)CCC(=O)N(O)CCCCCNC(=O)CCC(=O)N(O)CCCCCNC(=O)CCC(=O)CCC1CCN(C(=O)OC(C)(C)C)CC1. The number of Topliss-reactive ketones (excluding diaryl/α,β-unsaturated/α-hetero) is 1. The van der Waals surface area contributed by atoms with Crippen LogP contribution >= 0.6 is 0 Å². The van der Waals surface area contributed by atoms with Gasteiger partial charge in [0.2, 0.25) is 35.4 Å². The molecule has 19 heteroatoms. The maximum Gasteiger partial charge on any atom is 0.410 e. The summed E-state index contributed by atoms with van der Waals surface area (Å²) in [6.45, 7) is 9.56. The molecule has 0 aromatic carbocycles. The van der Waals surface area contributed by atoms with Gasteiger partial charge in [0.25, 0.3) is 0 Å². The average Bonchev–Trinajstić information content (AvgIpc) is 3.20. The van der Waals surface area contributed by atoms with Gasteiger partial charge in [-0.25, -0.2) is 20.0 Å². The van der Waals surface area contributed by atoms with E-state index < -0.39 is 23.3 Å². The van der Waals surface area contributed by atoms with E-state index >= 15 is 0 Å². The second-order valence-electron chi connectivity index (χ2n) is 16.4. The Labute approximate surface area is 355 Å². The number of rotatable bonds is 30. The van der Waals surface area contributed by atoms with Crippen molar-refractivity contribution < 1.29 is 58.7 Å². The number of nitrogens with zero attached hydrogens (tertiary/aromatic N) is 4. The minimum atomic E-state index is -0.572. The highest BCUT2D eigenvalue weighted by atomic mass is 16.6. The van der Waals surface area contributed by atoms with Crippen molar-refractivity contribution in [2.45, 2.75) is 155 Å². The van der Waals surface area contributed by atoms with Gasteiger partial charge in [-0.1, -0.05) is 0 Å². The largest absolute Gasteiger partial charge is 0.444 e. The molecule has 0 radical (unpaired) electrons. The molecule has 1 heterocycles. The zero-order valence-corrected chi connectivity index (χ0v) is 36.5. The Morgan fingerprint density at radius 1 is 0.567 bits per heavy atom. The molecule has 344 valence electrons. The minimum absolute atomic E-state index is 0.0473. The van der Waals surface area contributed by atoms with Crippen LogP contribution in [0.1, 0.15) is 150 Å². The number of carbonyl (C=O) groups is 8. The van der Waals surface area contributed by atoms with Crippen molar-refractivity contribution in [2.75, 3.05) is 52.4 Å². The maximum absolute atomic E-state index is 12.4. The summed E-state index contributed by atoms with van der Waals surface area (Å²) in [5.41, 5.74) is -0.533. The Morgan fingerprint density at radius 2 is 0.967 bits per heavy atom. The van der Waals surface area contributed by atoms with Gasteiger partial charge in [-0.05, 0) is 104 Å². The van der Waals surface area contributed by atoms with E-state index in [0.29, 0.717) is 118 Å². The molecule has 0 bridgehead atoms. The molecule has 0 aromatic rings. The van der Waals surface area contributed by atoms with Crippen LogP contribution in [0.2, 0.25) is 0 Å². The van der Waals surface area contributed by atoms with Crippen LogP contribution in [-0.2, 0) is 38.3 Å². The number of hydrogen-bond donors (Lipinski definition) is 6. The molecule has 1 rings (SSSR count). The molecule has 0 saturated carbocycles. The zero-order chi connectivity index (χ0) is 44.9. The van der Waals surface area contributed by atoms with Crippen molar-refractivity contribution in [2.24, 2.45) is 5.92 Å². The lowest BCUT2D eigenvalue weighted by atomic mass is 9.91. The number of carbonyl (C=O) groups excluding carboxylic acids is 8. The van der Waals surface area contributed by atoms with Gasteiger partial charge in [0.1, 0.15) is 11.4 Å². The zero-order valence-electron chi connectivity index (χ0n) is 36.5. The topological polar surface area (TPSA) is 256 Å². The molecule has 19 nitrogen and oxygen atoms in total. The van der Waals surface area contributed by atoms with Crippen LogP contribution in [0.4, 0.5) is 4.79 Å². The monoisotopic (exact) mass is 856 g/mol. The lowest BCUT2D eigenvalue weighted by Gasteiger charge is -2.33. The van der Waals surface area contributed by atoms with E-state index in [9.17, 15) is 54.0 Å². The fourth-order valence-corrected chi connectivity index (χ4v) is 6.22. The van der Waals surface area contributed by atoms with E-state index in [-0.39, 0.29) is 87.8 Å². The Bertz CT molecular complexity index is 1350. The lowest BCUT2D eigenvalue weighted by Crippen LogP contribution is -2.41. The number of ether oxygens (including phenoxy) is 1. The summed E-state index contributed by atoms with van der Waals surface area (Å²) in [4.78, 5) is 97.9. The maximum atomic E-state index is 12.4. The Balaban J connectivity index is 2.00. The normalized spacial score (nSPS) is 12.9. The molecule has 0 aliphatic carbocycles. The third-order valence-electron chi connectivity index (χ3n) is 9.91. The van der Waals surface area contributed by atoms with E-state index in [2.05, 4.69) is 16.0 Å². The number of hydroxylamine groups is 6. The first kappa shape index (κ1) is 53.7. The molecule has 1 aliphatic rings. The molecule has 6 N–H and O–H groups in total. The van der Waals surface area contributed by atoms with Crippen molar-refractivity contribution in [3.05, 3.63) is 0 Å². The summed E-state index contributed by atoms with van der Waals surface area (Å²) in [6, 6.07) is 0. The van der Waals surface area contributed by atoms with Gasteiger partial charge in [0.05, 0.1) is 0 Å². The number of hydrogen-bond acceptors (Lipinski definition) is 12. The minimum Gasteiger partial charge on any atom is -0.444 e. The predicted molar refractivity (Wildman–Crippen MR) is 219 cm³/mol. The lowest BCUT2D eigenvalue weighted by molar-refractivity contribution is -0.166. The highest BCUT2D eigenvalue weighted by molar-refractivity contribution is 5.85. The first-order chi connectivity index (χ1) is 28.4. The van der Waals surface area contributed by atoms with Gasteiger partial charge in [0.15, 0.2) is 0 Å². The first-order valence-electron chi connectivity index (χ1n) is 21.6. The van der Waals surface area contributed by atoms with Crippen LogP contribution in [-0.4, -0.2) is 141 Å². The van der Waals surface area contributed by atoms with Crippen molar-refractivity contribution in [1.29, 1.82) is 0 Å². The molecule has 0 spiro atoms. The van der Waals surface area contributed by atoms with Crippen LogP contribution in [0.15, 0.2) is 0 Å². The highest BCUT2D eigenvalue weighted by Gasteiger charge is 2.27. The summed E-state index contributed by atoms with van der Waals surface area (Å²) in [7, 11) is 0. The molecule has 0 atom stereocenters. The third kappa shape index (κ3) is 27.4. The van der Waals surface area contributed by atoms with Gasteiger partial charge in [-0.15, -0.1) is 0 Å². The van der Waals surface area contributed by atoms with Gasteiger partial charge in [-0.2, -0.15) is 0 Å². The summed E-state index contributed by atoms with van der Waals surface area (Å²) in [6.07, 6.45) is 7.77. The quantitative estimate of drug-likeness (QED) is 0.0342. The van der Waals surface area contributed by atoms with Gasteiger partial charge >= 0.3 is 6.09 Å². The van der Waals surface area contributed by atoms with Crippen LogP contribution in [0.25, 0.3) is 0 Å². The van der Waals surface area contributed by atoms with Gasteiger partial charge in [-0.3, -0.25) is 49.2 Å². The Kier molecular flexibility index (Phi) is 27.4. The van der Waals surface area contributed by atoms with Crippen LogP contribution < -0.4 is 16.0 Å². The molecule has 1 aliphatic heterocycles. The summed E-state index contributed by atoms with van der Waals surface area (Å²) in [5, 5.41) is 39.3. The fraction of sp³-hybridized carbons (Fsp3) is 0.805. The molecule has 7 amide bonds. The van der Waals surface area contributed by atoms with Crippen LogP contribution in [0, 0.1) is 5.92 Å². The van der Waals surface area contributed by atoms with Crippen LogP contribution in [0.5, 0.6) is 0 Å². The van der Waals surface area contributed by atoms with Crippen molar-refractivity contribution in [3.63, 3.8) is 0 Å². The van der Waals surface area contributed by atoms with E-state index in [1.54, 1.807) is 4.90 Å². The fourth-order valence-electron chi connectivity index (χ4n) is 6.22. The standard InChI is InChI=1S/C41H73N7O12/c1-32(49)46(57)27-11-5-8-25-43-36(52)18-20-38(54)48(59)29-13-7-10-26-44-37(53)19-21-39(55)47(58)28-12-6-9-24-42-35(51)17-16-34(50)15-14-33-22-30-45(31-23-33)40(56)60-41(2,3)4/h33,57-59H,5-31H2,1-4H3,(H,42,51)(H,43,52)(H,44,53). The van der Waals surface area contributed by atoms with E-state index in [1.807, 2.05) is 20.8 Å². The van der Waals surface area contributed by atoms with Crippen molar-refractivity contribution >= 4 is 47.3 Å². The summed E-state index contributed by atoms with van der Waals surface area (Å²) < 4.78 is 5.43. The molecule has 0 unspecified atom stereocenters. The summed E-state index contributed by atoms with van der Waals surface area (Å²) in [5.74, 6) is -2.01. The van der Waals surface area contributed by atoms with Crippen LogP contribution in [0.3, 0.4) is 0 Å². The number of unbranched alkanes of at least 4 members (excludes halogenated alkanes) is 6. The molecule has 0 aromatic heterocycles. The molecule has 1 saturated heterocycles. The van der Waals surface area contributed by atoms with E-state index in [0.717, 1.165) is 19.3 Å². The summed E-state index contributed by atoms with van der Waals surface area (Å²) >= 11 is 0. The smallest absolute Gasteiger partial charge is 0.410 e. The number of piperidine rings is 1. The Morgan fingerprint density at radius 3 is 1.37 bits per heavy atom. The molecular weight excluding hydrogens is 782 g/mol. The second-order valence-corrected chi connectivity index (χ2v) is 16.4. The van der Waals surface area contributed by atoms with Crippen molar-refractivity contribution in [3.8, 4) is 0 Å². The third-order valence-corrected chi connectivity index (χ3v) is 9.91. The number of likely N-dealkylation sites (tertiary alicyclic amines) is 1. The predicted octanol–water partition coefficient (Wildman–Crippen LogP) is 3.86.